The van der Waals surface area contributed by atoms with E-state index in [-0.39, 0.29) is 37.6 Å². The number of hydrogen-bond acceptors (Lipinski definition) is 4. The molecule has 0 aromatic rings. The molecule has 0 N–H and O–H groups in total. The van der Waals surface area contributed by atoms with E-state index in [1.165, 1.54) is 4.90 Å². The SMILES string of the molecule is CCOC[C@@H]1CCS(=O)(=O)C12CN(C(=O)C1(F)CCC1)C2. The average molecular weight is 319 g/mol. The van der Waals surface area contributed by atoms with Crippen molar-refractivity contribution in [3.63, 3.8) is 0 Å². The van der Waals surface area contributed by atoms with Gasteiger partial charge in [-0.15, -0.1) is 0 Å². The Kier molecular flexibility index (Phi) is 3.56. The number of carbonyl (C=O) groups excluding carboxylic acids is 1. The molecular weight excluding hydrogens is 297 g/mol. The van der Waals surface area contributed by atoms with Crippen LogP contribution in [0.15, 0.2) is 0 Å². The van der Waals surface area contributed by atoms with E-state index in [0.717, 1.165) is 6.42 Å². The second-order valence-corrected chi connectivity index (χ2v) is 8.96. The molecule has 7 heteroatoms. The van der Waals surface area contributed by atoms with Crippen molar-refractivity contribution >= 4 is 15.7 Å². The van der Waals surface area contributed by atoms with Gasteiger partial charge >= 0.3 is 0 Å². The van der Waals surface area contributed by atoms with Crippen LogP contribution in [0.5, 0.6) is 0 Å². The molecule has 0 radical (unpaired) electrons. The smallest absolute Gasteiger partial charge is 0.260 e. The Labute approximate surface area is 124 Å². The fraction of sp³-hybridized carbons (Fsp3) is 0.929. The van der Waals surface area contributed by atoms with Crippen molar-refractivity contribution in [2.75, 3.05) is 32.1 Å². The minimum Gasteiger partial charge on any atom is -0.381 e. The molecule has 3 aliphatic rings. The average Bonchev–Trinajstić information content (AvgIpc) is 2.62. The zero-order chi connectivity index (χ0) is 15.3. The molecule has 1 spiro atoms. The number of sulfone groups is 1. The number of rotatable bonds is 4. The second-order valence-electron chi connectivity index (χ2n) is 6.51. The van der Waals surface area contributed by atoms with Gasteiger partial charge in [0.1, 0.15) is 4.75 Å². The molecule has 2 aliphatic heterocycles. The highest BCUT2D eigenvalue weighted by molar-refractivity contribution is 7.93. The van der Waals surface area contributed by atoms with E-state index < -0.39 is 26.2 Å². The maximum absolute atomic E-state index is 14.2. The van der Waals surface area contributed by atoms with E-state index in [1.54, 1.807) is 0 Å². The molecule has 0 bridgehead atoms. The van der Waals surface area contributed by atoms with Gasteiger partial charge in [-0.1, -0.05) is 0 Å². The fourth-order valence-electron chi connectivity index (χ4n) is 3.70. The third-order valence-corrected chi connectivity index (χ3v) is 7.96. The van der Waals surface area contributed by atoms with Crippen LogP contribution in [0.3, 0.4) is 0 Å². The fourth-order valence-corrected chi connectivity index (χ4v) is 6.10. The molecule has 1 aliphatic carbocycles. The maximum Gasteiger partial charge on any atom is 0.260 e. The Bertz CT molecular complexity index is 537. The van der Waals surface area contributed by atoms with Crippen LogP contribution in [0.4, 0.5) is 4.39 Å². The highest BCUT2D eigenvalue weighted by Gasteiger charge is 2.64. The molecule has 3 fully saturated rings. The lowest BCUT2D eigenvalue weighted by molar-refractivity contribution is -0.157. The molecular formula is C14H22FNO4S. The quantitative estimate of drug-likeness (QED) is 0.773. The topological polar surface area (TPSA) is 63.7 Å². The number of nitrogens with zero attached hydrogens (tertiary/aromatic N) is 1. The summed E-state index contributed by atoms with van der Waals surface area (Å²) in [6.07, 6.45) is 1.84. The van der Waals surface area contributed by atoms with Crippen LogP contribution in [0, 0.1) is 5.92 Å². The lowest BCUT2D eigenvalue weighted by Crippen LogP contribution is -2.71. The van der Waals surface area contributed by atoms with E-state index in [2.05, 4.69) is 0 Å². The number of halogens is 1. The van der Waals surface area contributed by atoms with E-state index in [1.807, 2.05) is 6.92 Å². The van der Waals surface area contributed by atoms with Crippen molar-refractivity contribution in [3.8, 4) is 0 Å². The van der Waals surface area contributed by atoms with Crippen LogP contribution in [0.2, 0.25) is 0 Å². The summed E-state index contributed by atoms with van der Waals surface area (Å²) in [7, 11) is -3.23. The predicted octanol–water partition coefficient (Wildman–Crippen LogP) is 0.931. The first-order chi connectivity index (χ1) is 9.85. The summed E-state index contributed by atoms with van der Waals surface area (Å²) in [6, 6.07) is 0. The van der Waals surface area contributed by atoms with Gasteiger partial charge in [-0.25, -0.2) is 12.8 Å². The summed E-state index contributed by atoms with van der Waals surface area (Å²) in [6.45, 7) is 3.09. The summed E-state index contributed by atoms with van der Waals surface area (Å²) in [4.78, 5) is 13.5. The zero-order valence-electron chi connectivity index (χ0n) is 12.3. The molecule has 2 heterocycles. The van der Waals surface area contributed by atoms with E-state index in [9.17, 15) is 17.6 Å². The summed E-state index contributed by atoms with van der Waals surface area (Å²) in [5, 5.41) is 0. The number of hydrogen-bond donors (Lipinski definition) is 0. The Morgan fingerprint density at radius 1 is 1.38 bits per heavy atom. The van der Waals surface area contributed by atoms with Crippen molar-refractivity contribution < 1.29 is 22.3 Å². The first kappa shape index (κ1) is 15.2. The van der Waals surface area contributed by atoms with Crippen LogP contribution in [0.1, 0.15) is 32.6 Å². The Hall–Kier alpha value is -0.690. The van der Waals surface area contributed by atoms with Gasteiger partial charge in [0.15, 0.2) is 15.5 Å². The summed E-state index contributed by atoms with van der Waals surface area (Å²) in [5.74, 6) is -0.451. The van der Waals surface area contributed by atoms with E-state index >= 15 is 0 Å². The molecule has 120 valence electrons. The van der Waals surface area contributed by atoms with Crippen LogP contribution in [-0.4, -0.2) is 61.7 Å². The summed E-state index contributed by atoms with van der Waals surface area (Å²) in [5.41, 5.74) is -1.74. The third-order valence-electron chi connectivity index (χ3n) is 5.36. The van der Waals surface area contributed by atoms with Crippen molar-refractivity contribution in [2.24, 2.45) is 5.92 Å². The monoisotopic (exact) mass is 319 g/mol. The van der Waals surface area contributed by atoms with Gasteiger partial charge < -0.3 is 9.64 Å². The number of ether oxygens (including phenoxy) is 1. The van der Waals surface area contributed by atoms with Gasteiger partial charge in [0.2, 0.25) is 0 Å². The largest absolute Gasteiger partial charge is 0.381 e. The molecule has 0 unspecified atom stereocenters. The molecule has 0 aromatic heterocycles. The van der Waals surface area contributed by atoms with Gasteiger partial charge in [0.05, 0.1) is 12.4 Å². The minimum atomic E-state index is -3.23. The van der Waals surface area contributed by atoms with Crippen LogP contribution < -0.4 is 0 Å². The molecule has 0 aromatic carbocycles. The van der Waals surface area contributed by atoms with Gasteiger partial charge in [-0.2, -0.15) is 0 Å². The first-order valence-corrected chi connectivity index (χ1v) is 9.28. The number of likely N-dealkylation sites (tertiary alicyclic amines) is 1. The highest BCUT2D eigenvalue weighted by atomic mass is 32.2. The predicted molar refractivity (Wildman–Crippen MR) is 75.4 cm³/mol. The van der Waals surface area contributed by atoms with Crippen molar-refractivity contribution in [3.05, 3.63) is 0 Å². The van der Waals surface area contributed by atoms with E-state index in [4.69, 9.17) is 4.74 Å². The van der Waals surface area contributed by atoms with E-state index in [0.29, 0.717) is 19.6 Å². The summed E-state index contributed by atoms with van der Waals surface area (Å²) >= 11 is 0. The second kappa shape index (κ2) is 4.91. The van der Waals surface area contributed by atoms with Crippen LogP contribution in [-0.2, 0) is 19.4 Å². The van der Waals surface area contributed by atoms with Crippen molar-refractivity contribution in [2.45, 2.75) is 43.0 Å². The Morgan fingerprint density at radius 3 is 2.57 bits per heavy atom. The lowest BCUT2D eigenvalue weighted by atomic mass is 9.77. The number of amides is 1. The normalized spacial score (nSPS) is 31.7. The number of alkyl halides is 1. The van der Waals surface area contributed by atoms with Gasteiger partial charge in [0, 0.05) is 25.6 Å². The van der Waals surface area contributed by atoms with Crippen molar-refractivity contribution in [1.82, 2.24) is 4.90 Å². The number of carbonyl (C=O) groups is 1. The van der Waals surface area contributed by atoms with Crippen molar-refractivity contribution in [1.29, 1.82) is 0 Å². The van der Waals surface area contributed by atoms with Crippen LogP contribution >= 0.6 is 0 Å². The summed E-state index contributed by atoms with van der Waals surface area (Å²) < 4.78 is 43.4. The minimum absolute atomic E-state index is 0.0801. The Balaban J connectivity index is 1.71. The third kappa shape index (κ3) is 2.11. The molecule has 1 saturated carbocycles. The zero-order valence-corrected chi connectivity index (χ0v) is 13.1. The van der Waals surface area contributed by atoms with Gasteiger partial charge in [-0.05, 0) is 32.6 Å². The Morgan fingerprint density at radius 2 is 2.05 bits per heavy atom. The maximum atomic E-state index is 14.2. The molecule has 2 saturated heterocycles. The molecule has 5 nitrogen and oxygen atoms in total. The van der Waals surface area contributed by atoms with Crippen LogP contribution in [0.25, 0.3) is 0 Å². The molecule has 1 atom stereocenters. The lowest BCUT2D eigenvalue weighted by Gasteiger charge is -2.52. The van der Waals surface area contributed by atoms with Gasteiger partial charge in [-0.3, -0.25) is 4.79 Å². The molecule has 1 amide bonds. The standard InChI is InChI=1S/C14H22FNO4S/c1-2-20-8-11-4-7-21(18,19)14(11)9-16(10-14)12(17)13(15)5-3-6-13/h11H,2-10H2,1H3/t11-/m0/s1. The van der Waals surface area contributed by atoms with Gasteiger partial charge in [0.25, 0.3) is 5.91 Å². The first-order valence-electron chi connectivity index (χ1n) is 7.63. The molecule has 3 rings (SSSR count). The molecule has 21 heavy (non-hydrogen) atoms. The highest BCUT2D eigenvalue weighted by Crippen LogP contribution is 2.47.